The zero-order valence-corrected chi connectivity index (χ0v) is 4.72. The van der Waals surface area contributed by atoms with E-state index in [0.717, 1.165) is 11.5 Å². The summed E-state index contributed by atoms with van der Waals surface area (Å²) in [6.07, 6.45) is 0. The molecule has 0 unspecified atom stereocenters. The lowest BCUT2D eigenvalue weighted by atomic mass is 10.2. The molecule has 3 rings (SSSR count). The smallest absolute Gasteiger partial charge is 0.177 e. The van der Waals surface area contributed by atoms with Crippen LogP contribution in [0.15, 0.2) is 28.7 Å². The van der Waals surface area contributed by atoms with Gasteiger partial charge in [0.2, 0.25) is 0 Å². The Labute approximate surface area is 52.3 Å². The maximum absolute atomic E-state index is 5.12. The van der Waals surface area contributed by atoms with Crippen LogP contribution in [0.1, 0.15) is 0 Å². The van der Waals surface area contributed by atoms with Crippen molar-refractivity contribution in [2.45, 2.75) is 0 Å². The van der Waals surface area contributed by atoms with Crippen LogP contribution in [0.3, 0.4) is 0 Å². The second-order valence-electron chi connectivity index (χ2n) is 2.33. The minimum atomic E-state index is 1.07. The molecule has 0 fully saturated rings. The molecule has 2 aliphatic carbocycles. The lowest BCUT2D eigenvalue weighted by Gasteiger charge is -1.79. The van der Waals surface area contributed by atoms with E-state index in [4.69, 9.17) is 4.42 Å². The van der Waals surface area contributed by atoms with Crippen LogP contribution in [0.2, 0.25) is 0 Å². The van der Waals surface area contributed by atoms with E-state index in [1.54, 1.807) is 0 Å². The molecular weight excluding hydrogens is 112 g/mol. The molecule has 42 valence electrons. The summed E-state index contributed by atoms with van der Waals surface area (Å²) in [6, 6.07) is 8.31. The summed E-state index contributed by atoms with van der Waals surface area (Å²) in [5.41, 5.74) is 2.58. The molecule has 0 amide bonds. The average Bonchev–Trinajstić information content (AvgIpc) is 2.38. The molecule has 0 bridgehead atoms. The van der Waals surface area contributed by atoms with Crippen molar-refractivity contribution in [2.24, 2.45) is 0 Å². The third-order valence-corrected chi connectivity index (χ3v) is 1.78. The lowest BCUT2D eigenvalue weighted by molar-refractivity contribution is 0.735. The highest BCUT2D eigenvalue weighted by molar-refractivity contribution is 5.89. The van der Waals surface area contributed by atoms with Crippen LogP contribution >= 0.6 is 0 Å². The number of hydrogen-bond donors (Lipinski definition) is 0. The van der Waals surface area contributed by atoms with Gasteiger partial charge < -0.3 is 4.42 Å². The zero-order valence-electron chi connectivity index (χ0n) is 4.72. The van der Waals surface area contributed by atoms with E-state index in [2.05, 4.69) is 18.2 Å². The van der Waals surface area contributed by atoms with Crippen LogP contribution < -0.4 is 0 Å². The third-order valence-electron chi connectivity index (χ3n) is 1.78. The Morgan fingerprint density at radius 3 is 3.11 bits per heavy atom. The largest absolute Gasteiger partial charge is 0.449 e. The van der Waals surface area contributed by atoms with Crippen molar-refractivity contribution in [3.63, 3.8) is 0 Å². The molecule has 0 saturated carbocycles. The SMILES string of the molecule is c1cc2cc3oc-3c-2c1. The summed E-state index contributed by atoms with van der Waals surface area (Å²) in [5.74, 6) is 2.16. The Kier molecular flexibility index (Phi) is 0.374. The van der Waals surface area contributed by atoms with Crippen molar-refractivity contribution in [1.29, 1.82) is 0 Å². The Hall–Kier alpha value is -1.24. The highest BCUT2D eigenvalue weighted by atomic mass is 16.4. The van der Waals surface area contributed by atoms with Crippen LogP contribution in [-0.4, -0.2) is 0 Å². The molecule has 3 aliphatic rings. The summed E-state index contributed by atoms with van der Waals surface area (Å²) in [7, 11) is 0. The fourth-order valence-electron chi connectivity index (χ4n) is 1.28. The van der Waals surface area contributed by atoms with Crippen molar-refractivity contribution in [3.8, 4) is 22.6 Å². The third kappa shape index (κ3) is 0.296. The van der Waals surface area contributed by atoms with E-state index >= 15 is 0 Å². The predicted octanol–water partition coefficient (Wildman–Crippen LogP) is 2.36. The summed E-state index contributed by atoms with van der Waals surface area (Å²) < 4.78 is 5.12. The number of fused-ring (bicyclic) bond motifs is 3. The quantitative estimate of drug-likeness (QED) is 0.439. The van der Waals surface area contributed by atoms with E-state index in [0.29, 0.717) is 0 Å². The molecule has 0 N–H and O–H groups in total. The Bertz CT molecular complexity index is 346. The van der Waals surface area contributed by atoms with Gasteiger partial charge in [0, 0.05) is 5.56 Å². The molecule has 0 aromatic rings. The van der Waals surface area contributed by atoms with Crippen LogP contribution in [-0.2, 0) is 0 Å². The van der Waals surface area contributed by atoms with Gasteiger partial charge in [-0.15, -0.1) is 0 Å². The highest BCUT2D eigenvalue weighted by Gasteiger charge is 2.26. The molecule has 0 radical (unpaired) electrons. The van der Waals surface area contributed by atoms with Gasteiger partial charge in [-0.1, -0.05) is 18.2 Å². The monoisotopic (exact) mass is 116 g/mol. The van der Waals surface area contributed by atoms with Gasteiger partial charge in [-0.25, -0.2) is 0 Å². The molecule has 1 heterocycles. The molecule has 0 saturated heterocycles. The topological polar surface area (TPSA) is 13.1 Å². The Morgan fingerprint density at radius 1 is 1.22 bits per heavy atom. The van der Waals surface area contributed by atoms with E-state index in [-0.39, 0.29) is 0 Å². The predicted molar refractivity (Wildman–Crippen MR) is 34.3 cm³/mol. The number of rotatable bonds is 0. The summed E-state index contributed by atoms with van der Waals surface area (Å²) in [4.78, 5) is 0. The second kappa shape index (κ2) is 0.903. The Morgan fingerprint density at radius 2 is 2.22 bits per heavy atom. The molecule has 1 heteroatoms. The fraction of sp³-hybridized carbons (Fsp3) is 0. The van der Waals surface area contributed by atoms with E-state index < -0.39 is 0 Å². The minimum absolute atomic E-state index is 1.07. The normalized spacial score (nSPS) is 12.4. The molecule has 0 aromatic carbocycles. The first-order valence-corrected chi connectivity index (χ1v) is 2.98. The second-order valence-corrected chi connectivity index (χ2v) is 2.33. The van der Waals surface area contributed by atoms with Crippen LogP contribution in [0.25, 0.3) is 22.6 Å². The fourth-order valence-corrected chi connectivity index (χ4v) is 1.28. The summed E-state index contributed by atoms with van der Waals surface area (Å²) >= 11 is 0. The zero-order chi connectivity index (χ0) is 5.84. The van der Waals surface area contributed by atoms with Crippen LogP contribution in [0.5, 0.6) is 0 Å². The van der Waals surface area contributed by atoms with Gasteiger partial charge in [-0.2, -0.15) is 0 Å². The van der Waals surface area contributed by atoms with E-state index in [1.807, 2.05) is 6.07 Å². The standard InChI is InChI=1S/C8H4O/c1-2-5-4-7-8(9-7)6(5)3-1/h1-4H. The first-order valence-electron chi connectivity index (χ1n) is 2.98. The van der Waals surface area contributed by atoms with Crippen molar-refractivity contribution in [3.05, 3.63) is 24.3 Å². The molecule has 9 heavy (non-hydrogen) atoms. The molecule has 1 aliphatic heterocycles. The molecule has 0 spiro atoms. The van der Waals surface area contributed by atoms with Gasteiger partial charge in [0.15, 0.2) is 11.5 Å². The minimum Gasteiger partial charge on any atom is -0.449 e. The van der Waals surface area contributed by atoms with Crippen molar-refractivity contribution >= 4 is 0 Å². The van der Waals surface area contributed by atoms with Gasteiger partial charge in [0.25, 0.3) is 0 Å². The van der Waals surface area contributed by atoms with Gasteiger partial charge in [0.05, 0.1) is 0 Å². The summed E-state index contributed by atoms with van der Waals surface area (Å²) in [5, 5.41) is 0. The molecular formula is C8H4O. The molecule has 0 aromatic heterocycles. The van der Waals surface area contributed by atoms with E-state index in [9.17, 15) is 0 Å². The number of hydrogen-bond acceptors (Lipinski definition) is 1. The van der Waals surface area contributed by atoms with Crippen molar-refractivity contribution in [1.82, 2.24) is 0 Å². The average molecular weight is 116 g/mol. The Balaban J connectivity index is 2.59. The van der Waals surface area contributed by atoms with E-state index in [1.165, 1.54) is 11.1 Å². The highest BCUT2D eigenvalue weighted by Crippen LogP contribution is 2.47. The molecule has 1 nitrogen and oxygen atoms in total. The van der Waals surface area contributed by atoms with Gasteiger partial charge >= 0.3 is 0 Å². The van der Waals surface area contributed by atoms with Gasteiger partial charge in [0.1, 0.15) is 0 Å². The van der Waals surface area contributed by atoms with Crippen LogP contribution in [0.4, 0.5) is 0 Å². The van der Waals surface area contributed by atoms with Gasteiger partial charge in [-0.3, -0.25) is 0 Å². The first-order chi connectivity index (χ1) is 4.45. The first kappa shape index (κ1) is 3.72. The van der Waals surface area contributed by atoms with Crippen molar-refractivity contribution in [2.75, 3.05) is 0 Å². The molecule has 0 atom stereocenters. The van der Waals surface area contributed by atoms with Crippen molar-refractivity contribution < 1.29 is 4.42 Å². The van der Waals surface area contributed by atoms with Gasteiger partial charge in [-0.05, 0) is 11.6 Å². The maximum Gasteiger partial charge on any atom is 0.177 e. The summed E-state index contributed by atoms with van der Waals surface area (Å²) in [6.45, 7) is 0. The van der Waals surface area contributed by atoms with Crippen LogP contribution in [0, 0.1) is 0 Å². The lowest BCUT2D eigenvalue weighted by Crippen LogP contribution is -1.55. The maximum atomic E-state index is 5.12.